The second-order valence-corrected chi connectivity index (χ2v) is 13.9. The van der Waals surface area contributed by atoms with E-state index in [2.05, 4.69) is 137 Å². The van der Waals surface area contributed by atoms with Crippen molar-refractivity contribution in [2.75, 3.05) is 0 Å². The van der Waals surface area contributed by atoms with Crippen LogP contribution in [0, 0.1) is 12.0 Å². The summed E-state index contributed by atoms with van der Waals surface area (Å²) in [5.74, 6) is 0.444. The van der Waals surface area contributed by atoms with Crippen molar-refractivity contribution in [1.82, 2.24) is 0 Å². The van der Waals surface area contributed by atoms with Crippen molar-refractivity contribution in [2.24, 2.45) is 5.92 Å². The fourth-order valence-electron chi connectivity index (χ4n) is 4.84. The number of hydrogen-bond acceptors (Lipinski definition) is 1. The van der Waals surface area contributed by atoms with Gasteiger partial charge in [-0.05, 0) is 10.8 Å². The Bertz CT molecular complexity index is 1570. The zero-order valence-electron chi connectivity index (χ0n) is 26.3. The Labute approximate surface area is 286 Å². The molecule has 0 amide bonds. The third-order valence-electron chi connectivity index (χ3n) is 7.39. The van der Waals surface area contributed by atoms with Crippen LogP contribution in [0.3, 0.4) is 0 Å². The van der Waals surface area contributed by atoms with Crippen LogP contribution in [0.5, 0.6) is 0 Å². The summed E-state index contributed by atoms with van der Waals surface area (Å²) in [6, 6.07) is 28.6. The van der Waals surface area contributed by atoms with Crippen LogP contribution < -0.4 is 24.8 Å². The number of halogens is 2. The van der Waals surface area contributed by atoms with Gasteiger partial charge in [-0.3, -0.25) is 0 Å². The van der Waals surface area contributed by atoms with Crippen LogP contribution in [0.4, 0.5) is 0 Å². The van der Waals surface area contributed by atoms with E-state index >= 15 is 0 Å². The monoisotopic (exact) mass is 686 g/mol. The molecule has 0 radical (unpaired) electrons. The molecule has 0 saturated heterocycles. The van der Waals surface area contributed by atoms with Crippen LogP contribution in [0.25, 0.3) is 27.1 Å². The van der Waals surface area contributed by atoms with E-state index in [-0.39, 0.29) is 35.6 Å². The van der Waals surface area contributed by atoms with E-state index < -0.39 is 0 Å². The first kappa shape index (κ1) is 36.8. The maximum absolute atomic E-state index is 4.97. The van der Waals surface area contributed by atoms with E-state index in [4.69, 9.17) is 4.42 Å². The first-order valence-electron chi connectivity index (χ1n) is 14.5. The van der Waals surface area contributed by atoms with E-state index in [0.29, 0.717) is 5.92 Å². The average molecular weight is 689 g/mol. The first-order chi connectivity index (χ1) is 19.5. The Morgan fingerprint density at radius 1 is 0.814 bits per heavy atom. The van der Waals surface area contributed by atoms with Crippen molar-refractivity contribution in [3.63, 3.8) is 0 Å². The summed E-state index contributed by atoms with van der Waals surface area (Å²) < 4.78 is 7.22. The number of allylic oxidation sites excluding steroid dienone is 4. The number of fused-ring (bicyclic) bond motifs is 3. The van der Waals surface area contributed by atoms with Crippen LogP contribution in [-0.2, 0) is 41.5 Å². The van der Waals surface area contributed by atoms with Crippen LogP contribution in [-0.4, -0.2) is 3.71 Å². The summed E-state index contributed by atoms with van der Waals surface area (Å²) >= 11 is 1.51. The van der Waals surface area contributed by atoms with E-state index in [1.165, 1.54) is 62.5 Å². The van der Waals surface area contributed by atoms with Crippen molar-refractivity contribution in [1.29, 1.82) is 0 Å². The van der Waals surface area contributed by atoms with E-state index in [0.717, 1.165) is 17.6 Å². The molecule has 4 aromatic carbocycles. The van der Waals surface area contributed by atoms with Gasteiger partial charge < -0.3 is 29.2 Å². The predicted octanol–water partition coefficient (Wildman–Crippen LogP) is 4.57. The quantitative estimate of drug-likeness (QED) is 0.254. The van der Waals surface area contributed by atoms with Crippen LogP contribution in [0.15, 0.2) is 108 Å². The van der Waals surface area contributed by atoms with Gasteiger partial charge in [0.1, 0.15) is 0 Å². The SMILES string of the molecule is CC(C)(C)c1ccc2[cH-]c3ccc(C(C)(C)C)cc3c2c1.CC1[C-]=C(c2ccoc2)C=C1.[Cl-].[Cl-].[Zr+2]=[CH]Cc1ccccc1. The van der Waals surface area contributed by atoms with Crippen LogP contribution in [0.2, 0.25) is 0 Å². The number of furan rings is 1. The molecule has 224 valence electrons. The Balaban J connectivity index is 0.000000247. The molecule has 6 rings (SSSR count). The molecule has 4 heteroatoms. The van der Waals surface area contributed by atoms with Crippen molar-refractivity contribution in [2.45, 2.75) is 65.7 Å². The molecule has 0 aliphatic heterocycles. The standard InChI is InChI=1S/C21H25.C10H9O.C8H8.2ClH.Zr/c1-20(2,3)16-9-7-14-11-15-8-10-17(21(4,5)6)13-19(15)18(14)12-16;1-8-2-3-9(6-8)10-4-5-11-7-10;1-2-8-6-4-3-5-7-8;;;/h7-13H,1-6H3;2-5,7-8H,1H3;1,3-7H,2H2;2*1H;/q2*-1;;;;+2/p-2. The minimum absolute atomic E-state index is 0. The zero-order valence-corrected chi connectivity index (χ0v) is 30.3. The predicted molar refractivity (Wildman–Crippen MR) is 174 cm³/mol. The average Bonchev–Trinajstić information content (AvgIpc) is 3.68. The molecule has 0 N–H and O–H groups in total. The third kappa shape index (κ3) is 10.1. The number of rotatable bonds is 3. The molecule has 1 aliphatic rings. The summed E-state index contributed by atoms with van der Waals surface area (Å²) in [6.45, 7) is 15.8. The van der Waals surface area contributed by atoms with Gasteiger partial charge >= 0.3 is 70.3 Å². The summed E-state index contributed by atoms with van der Waals surface area (Å²) in [6.07, 6.45) is 12.1. The Morgan fingerprint density at radius 2 is 1.37 bits per heavy atom. The first-order valence-corrected chi connectivity index (χ1v) is 15.9. The summed E-state index contributed by atoms with van der Waals surface area (Å²) in [7, 11) is 0. The number of benzene rings is 3. The molecule has 43 heavy (non-hydrogen) atoms. The van der Waals surface area contributed by atoms with Crippen molar-refractivity contribution in [3.8, 4) is 0 Å². The molecule has 1 heterocycles. The molecule has 1 atom stereocenters. The van der Waals surface area contributed by atoms with Crippen molar-refractivity contribution in [3.05, 3.63) is 132 Å². The minimum atomic E-state index is 0. The zero-order chi connectivity index (χ0) is 29.6. The molecule has 1 unspecified atom stereocenters. The van der Waals surface area contributed by atoms with Crippen molar-refractivity contribution < 1.29 is 53.5 Å². The molecule has 0 spiro atoms. The molecule has 1 aromatic heterocycles. The fourth-order valence-corrected chi connectivity index (χ4v) is 5.42. The van der Waals surface area contributed by atoms with Gasteiger partial charge in [-0.25, -0.2) is 0 Å². The second-order valence-electron chi connectivity index (χ2n) is 12.9. The molecule has 0 bridgehead atoms. The summed E-state index contributed by atoms with van der Waals surface area (Å²) in [5, 5.41) is 5.49. The summed E-state index contributed by atoms with van der Waals surface area (Å²) in [5.41, 5.74) is 6.87. The Morgan fingerprint density at radius 3 is 1.79 bits per heavy atom. The fraction of sp³-hybridized carbons (Fsp3) is 0.282. The topological polar surface area (TPSA) is 13.1 Å². The molecule has 1 nitrogen and oxygen atoms in total. The van der Waals surface area contributed by atoms with E-state index in [1.807, 2.05) is 12.1 Å². The van der Waals surface area contributed by atoms with Gasteiger partial charge in [0.15, 0.2) is 0 Å². The normalized spacial score (nSPS) is 14.1. The van der Waals surface area contributed by atoms with E-state index in [9.17, 15) is 0 Å². The van der Waals surface area contributed by atoms with E-state index in [1.54, 1.807) is 12.5 Å². The van der Waals surface area contributed by atoms with Gasteiger partial charge in [-0.15, -0.1) is 45.8 Å². The Kier molecular flexibility index (Phi) is 13.8. The molecule has 5 aromatic rings. The second kappa shape index (κ2) is 16.1. The molecular formula is C39H42Cl2OZr-2. The molecule has 0 fully saturated rings. The molecular weight excluding hydrogens is 647 g/mol. The van der Waals surface area contributed by atoms with Gasteiger partial charge in [-0.1, -0.05) is 101 Å². The summed E-state index contributed by atoms with van der Waals surface area (Å²) in [4.78, 5) is 0. The van der Waals surface area contributed by atoms with Gasteiger partial charge in [-0.2, -0.15) is 17.7 Å². The van der Waals surface area contributed by atoms with Gasteiger partial charge in [0, 0.05) is 6.26 Å². The molecule has 1 aliphatic carbocycles. The Hall–Kier alpha value is -2.38. The van der Waals surface area contributed by atoms with Gasteiger partial charge in [0.25, 0.3) is 0 Å². The van der Waals surface area contributed by atoms with Crippen LogP contribution in [0.1, 0.15) is 70.7 Å². The van der Waals surface area contributed by atoms with Gasteiger partial charge in [0.2, 0.25) is 0 Å². The van der Waals surface area contributed by atoms with Gasteiger partial charge in [0.05, 0.1) is 6.26 Å². The van der Waals surface area contributed by atoms with Crippen molar-refractivity contribution >= 4 is 30.8 Å². The maximum atomic E-state index is 4.97. The number of hydrogen-bond donors (Lipinski definition) is 0. The molecule has 0 saturated carbocycles. The third-order valence-corrected chi connectivity index (χ3v) is 7.89. The van der Waals surface area contributed by atoms with Crippen LogP contribution >= 0.6 is 0 Å².